The Bertz CT molecular complexity index is 576. The summed E-state index contributed by atoms with van der Waals surface area (Å²) in [5.74, 6) is 2.41. The minimum absolute atomic E-state index is 0.220. The lowest BCUT2D eigenvalue weighted by Crippen LogP contribution is -2.45. The predicted octanol–water partition coefficient (Wildman–Crippen LogP) is 1.16. The van der Waals surface area contributed by atoms with Gasteiger partial charge in [0.25, 0.3) is 0 Å². The van der Waals surface area contributed by atoms with Crippen molar-refractivity contribution in [3.63, 3.8) is 0 Å². The smallest absolute Gasteiger partial charge is 0.236 e. The van der Waals surface area contributed by atoms with Gasteiger partial charge in [-0.25, -0.2) is 9.97 Å². The molecule has 2 fully saturated rings. The number of hydrogen-bond donors (Lipinski definition) is 1. The topological polar surface area (TPSA) is 70.6 Å². The lowest BCUT2D eigenvalue weighted by atomic mass is 9.98. The van der Waals surface area contributed by atoms with Gasteiger partial charge in [0.2, 0.25) is 5.91 Å². The van der Waals surface area contributed by atoms with Gasteiger partial charge < -0.3 is 15.0 Å². The van der Waals surface area contributed by atoms with E-state index in [0.717, 1.165) is 37.6 Å². The van der Waals surface area contributed by atoms with Crippen LogP contribution in [0, 0.1) is 12.8 Å². The van der Waals surface area contributed by atoms with Crippen molar-refractivity contribution >= 4 is 11.7 Å². The van der Waals surface area contributed by atoms with Crippen molar-refractivity contribution in [2.75, 3.05) is 51.3 Å². The molecule has 0 bridgehead atoms. The van der Waals surface area contributed by atoms with Crippen LogP contribution < -0.4 is 5.32 Å². The van der Waals surface area contributed by atoms with Crippen LogP contribution in [0.1, 0.15) is 25.6 Å². The standard InChI is InChI=1S/C18H29N5O2/c1-3-4-15-11-22(13-18(24)23-7-9-25-10-8-23)12-16(15)21-17-5-6-19-14(2)20-17/h5-6,15-16H,3-4,7-13H2,1-2H3,(H,19,20,21)/t15-,16-/m0/s1. The SMILES string of the molecule is CCC[C@H]1CN(CC(=O)N2CCOCC2)C[C@@H]1Nc1ccnc(C)n1. The first-order valence-corrected chi connectivity index (χ1v) is 9.29. The molecule has 0 unspecified atom stereocenters. The Morgan fingerprint density at radius 2 is 2.16 bits per heavy atom. The van der Waals surface area contributed by atoms with Crippen LogP contribution in [0.4, 0.5) is 5.82 Å². The molecule has 0 saturated carbocycles. The van der Waals surface area contributed by atoms with Crippen LogP contribution in [-0.2, 0) is 9.53 Å². The summed E-state index contributed by atoms with van der Waals surface area (Å²) in [7, 11) is 0. The molecule has 3 rings (SSSR count). The van der Waals surface area contributed by atoms with Crippen molar-refractivity contribution in [2.24, 2.45) is 5.92 Å². The highest BCUT2D eigenvalue weighted by Gasteiger charge is 2.34. The number of aromatic nitrogens is 2. The normalized spacial score (nSPS) is 24.5. The van der Waals surface area contributed by atoms with Gasteiger partial charge in [0.1, 0.15) is 11.6 Å². The van der Waals surface area contributed by atoms with Gasteiger partial charge in [-0.3, -0.25) is 9.69 Å². The molecular formula is C18H29N5O2. The van der Waals surface area contributed by atoms with Crippen LogP contribution in [0.5, 0.6) is 0 Å². The average molecular weight is 347 g/mol. The summed E-state index contributed by atoms with van der Waals surface area (Å²) in [6.45, 7) is 9.20. The van der Waals surface area contributed by atoms with Gasteiger partial charge in [-0.1, -0.05) is 13.3 Å². The van der Waals surface area contributed by atoms with Crippen molar-refractivity contribution in [3.8, 4) is 0 Å². The zero-order chi connectivity index (χ0) is 17.6. The lowest BCUT2D eigenvalue weighted by Gasteiger charge is -2.28. The Morgan fingerprint density at radius 3 is 2.88 bits per heavy atom. The molecule has 0 aliphatic carbocycles. The van der Waals surface area contributed by atoms with Gasteiger partial charge in [-0.2, -0.15) is 0 Å². The molecule has 1 aromatic heterocycles. The molecule has 2 saturated heterocycles. The monoisotopic (exact) mass is 347 g/mol. The van der Waals surface area contributed by atoms with Gasteiger partial charge in [-0.15, -0.1) is 0 Å². The van der Waals surface area contributed by atoms with E-state index >= 15 is 0 Å². The Hall–Kier alpha value is -1.73. The minimum atomic E-state index is 0.220. The molecule has 1 amide bonds. The number of hydrogen-bond acceptors (Lipinski definition) is 6. The van der Waals surface area contributed by atoms with E-state index in [2.05, 4.69) is 27.1 Å². The quantitative estimate of drug-likeness (QED) is 0.833. The molecule has 1 N–H and O–H groups in total. The second-order valence-electron chi connectivity index (χ2n) is 6.98. The maximum absolute atomic E-state index is 12.5. The largest absolute Gasteiger partial charge is 0.378 e. The number of morpholine rings is 1. The number of anilines is 1. The van der Waals surface area contributed by atoms with Crippen LogP contribution in [0.15, 0.2) is 12.3 Å². The number of carbonyl (C=O) groups excluding carboxylic acids is 1. The predicted molar refractivity (Wildman–Crippen MR) is 96.4 cm³/mol. The molecule has 2 atom stereocenters. The molecule has 25 heavy (non-hydrogen) atoms. The number of carbonyl (C=O) groups is 1. The summed E-state index contributed by atoms with van der Waals surface area (Å²) in [6, 6.07) is 2.24. The summed E-state index contributed by atoms with van der Waals surface area (Å²) in [5, 5.41) is 3.56. The molecular weight excluding hydrogens is 318 g/mol. The molecule has 2 aliphatic heterocycles. The van der Waals surface area contributed by atoms with E-state index in [9.17, 15) is 4.79 Å². The van der Waals surface area contributed by atoms with Crippen LogP contribution >= 0.6 is 0 Å². The fourth-order valence-electron chi connectivity index (χ4n) is 3.75. The van der Waals surface area contributed by atoms with Crippen LogP contribution in [0.3, 0.4) is 0 Å². The van der Waals surface area contributed by atoms with Crippen LogP contribution in [-0.4, -0.2) is 77.7 Å². The number of aryl methyl sites for hydroxylation is 1. The fourth-order valence-corrected chi connectivity index (χ4v) is 3.75. The van der Waals surface area contributed by atoms with Crippen LogP contribution in [0.2, 0.25) is 0 Å². The van der Waals surface area contributed by atoms with Gasteiger partial charge in [0.15, 0.2) is 0 Å². The third-order valence-electron chi connectivity index (χ3n) is 5.01. The molecule has 1 aromatic rings. The molecule has 3 heterocycles. The summed E-state index contributed by atoms with van der Waals surface area (Å²) in [6.07, 6.45) is 4.09. The Kier molecular flexibility index (Phi) is 6.20. The van der Waals surface area contributed by atoms with E-state index in [1.165, 1.54) is 0 Å². The molecule has 0 radical (unpaired) electrons. The number of ether oxygens (including phenoxy) is 1. The maximum atomic E-state index is 12.5. The zero-order valence-electron chi connectivity index (χ0n) is 15.3. The first-order valence-electron chi connectivity index (χ1n) is 9.29. The number of nitrogens with one attached hydrogen (secondary N) is 1. The second-order valence-corrected chi connectivity index (χ2v) is 6.98. The molecule has 138 valence electrons. The van der Waals surface area contributed by atoms with E-state index in [0.29, 0.717) is 44.8 Å². The van der Waals surface area contributed by atoms with E-state index in [1.807, 2.05) is 17.9 Å². The van der Waals surface area contributed by atoms with E-state index in [-0.39, 0.29) is 5.91 Å². The van der Waals surface area contributed by atoms with Crippen molar-refractivity contribution in [1.29, 1.82) is 0 Å². The number of likely N-dealkylation sites (tertiary alicyclic amines) is 1. The minimum Gasteiger partial charge on any atom is -0.378 e. The van der Waals surface area contributed by atoms with E-state index < -0.39 is 0 Å². The molecule has 7 nitrogen and oxygen atoms in total. The number of nitrogens with zero attached hydrogens (tertiary/aromatic N) is 4. The summed E-state index contributed by atoms with van der Waals surface area (Å²) >= 11 is 0. The summed E-state index contributed by atoms with van der Waals surface area (Å²) in [5.41, 5.74) is 0. The fraction of sp³-hybridized carbons (Fsp3) is 0.722. The van der Waals surface area contributed by atoms with Crippen molar-refractivity contribution in [1.82, 2.24) is 19.8 Å². The summed E-state index contributed by atoms with van der Waals surface area (Å²) in [4.78, 5) is 25.3. The van der Waals surface area contributed by atoms with Gasteiger partial charge in [-0.05, 0) is 25.3 Å². The number of amides is 1. The second kappa shape index (κ2) is 8.58. The summed E-state index contributed by atoms with van der Waals surface area (Å²) < 4.78 is 5.33. The Balaban J connectivity index is 1.58. The van der Waals surface area contributed by atoms with Crippen molar-refractivity contribution in [3.05, 3.63) is 18.1 Å². The highest BCUT2D eigenvalue weighted by molar-refractivity contribution is 5.78. The number of rotatable bonds is 6. The maximum Gasteiger partial charge on any atom is 0.236 e. The lowest BCUT2D eigenvalue weighted by molar-refractivity contribution is -0.136. The third-order valence-corrected chi connectivity index (χ3v) is 5.01. The Labute approximate surface area is 149 Å². The van der Waals surface area contributed by atoms with Gasteiger partial charge >= 0.3 is 0 Å². The van der Waals surface area contributed by atoms with Crippen molar-refractivity contribution < 1.29 is 9.53 Å². The van der Waals surface area contributed by atoms with Crippen molar-refractivity contribution in [2.45, 2.75) is 32.7 Å². The molecule has 7 heteroatoms. The molecule has 0 aromatic carbocycles. The zero-order valence-corrected chi connectivity index (χ0v) is 15.3. The van der Waals surface area contributed by atoms with Crippen LogP contribution in [0.25, 0.3) is 0 Å². The highest BCUT2D eigenvalue weighted by Crippen LogP contribution is 2.24. The van der Waals surface area contributed by atoms with Gasteiger partial charge in [0.05, 0.1) is 19.8 Å². The first-order chi connectivity index (χ1) is 12.2. The third kappa shape index (κ3) is 4.89. The van der Waals surface area contributed by atoms with E-state index in [1.54, 1.807) is 6.20 Å². The Morgan fingerprint density at radius 1 is 1.36 bits per heavy atom. The molecule has 0 spiro atoms. The van der Waals surface area contributed by atoms with Gasteiger partial charge in [0, 0.05) is 38.4 Å². The van der Waals surface area contributed by atoms with E-state index in [4.69, 9.17) is 4.74 Å². The molecule has 2 aliphatic rings. The highest BCUT2D eigenvalue weighted by atomic mass is 16.5. The first kappa shape index (κ1) is 18.1. The average Bonchev–Trinajstić information content (AvgIpc) is 2.97.